The van der Waals surface area contributed by atoms with Crippen LogP contribution in [0, 0.1) is 5.41 Å². The quantitative estimate of drug-likeness (QED) is 0.919. The number of carbonyl (C=O) groups is 2. The molecule has 20 heavy (non-hydrogen) atoms. The first-order valence-corrected chi connectivity index (χ1v) is 6.92. The Morgan fingerprint density at radius 3 is 2.70 bits per heavy atom. The highest BCUT2D eigenvalue weighted by molar-refractivity contribution is 5.87. The maximum absolute atomic E-state index is 12.2. The second kappa shape index (κ2) is 4.78. The van der Waals surface area contributed by atoms with Crippen LogP contribution in [0.15, 0.2) is 42.1 Å². The summed E-state index contributed by atoms with van der Waals surface area (Å²) in [5.74, 6) is -0.773. The van der Waals surface area contributed by atoms with E-state index in [2.05, 4.69) is 0 Å². The topological polar surface area (TPSA) is 57.6 Å². The monoisotopic (exact) mass is 271 g/mol. The molecule has 0 radical (unpaired) electrons. The Labute approximate surface area is 117 Å². The molecule has 4 heteroatoms. The summed E-state index contributed by atoms with van der Waals surface area (Å²) in [5.41, 5.74) is 0.878. The van der Waals surface area contributed by atoms with Crippen molar-refractivity contribution in [3.63, 3.8) is 0 Å². The van der Waals surface area contributed by atoms with Crippen molar-refractivity contribution in [3.8, 4) is 0 Å². The van der Waals surface area contributed by atoms with Crippen LogP contribution in [0.25, 0.3) is 0 Å². The standard InChI is InChI=1S/C16H17NO3/c18-14-8-10-16(15(19)20)9-4-7-13(16)17(14)11-12-5-2-1-3-6-12/h1-3,5-7H,4,8-11H2,(H,19,20)/t16-/m0/s1. The third kappa shape index (κ3) is 1.92. The van der Waals surface area contributed by atoms with E-state index in [1.165, 1.54) is 0 Å². The first kappa shape index (κ1) is 12.9. The van der Waals surface area contributed by atoms with E-state index in [9.17, 15) is 14.7 Å². The highest BCUT2D eigenvalue weighted by Gasteiger charge is 2.50. The minimum absolute atomic E-state index is 0.0267. The minimum atomic E-state index is -0.845. The Morgan fingerprint density at radius 1 is 1.25 bits per heavy atom. The van der Waals surface area contributed by atoms with Crippen molar-refractivity contribution in [3.05, 3.63) is 47.7 Å². The number of allylic oxidation sites excluding steroid dienone is 1. The predicted octanol–water partition coefficient (Wildman–Crippen LogP) is 2.56. The van der Waals surface area contributed by atoms with Crippen LogP contribution in [0.2, 0.25) is 0 Å². The zero-order valence-electron chi connectivity index (χ0n) is 11.2. The summed E-state index contributed by atoms with van der Waals surface area (Å²) in [6.45, 7) is 0.459. The van der Waals surface area contributed by atoms with Crippen molar-refractivity contribution in [2.24, 2.45) is 5.41 Å². The van der Waals surface area contributed by atoms with Gasteiger partial charge in [-0.15, -0.1) is 0 Å². The smallest absolute Gasteiger partial charge is 0.315 e. The van der Waals surface area contributed by atoms with E-state index >= 15 is 0 Å². The molecule has 104 valence electrons. The van der Waals surface area contributed by atoms with Crippen LogP contribution in [0.5, 0.6) is 0 Å². The summed E-state index contributed by atoms with van der Waals surface area (Å²) in [5, 5.41) is 9.59. The molecule has 0 saturated carbocycles. The Kier molecular flexibility index (Phi) is 3.08. The van der Waals surface area contributed by atoms with Crippen molar-refractivity contribution in [1.82, 2.24) is 4.90 Å². The molecule has 0 aromatic heterocycles. The lowest BCUT2D eigenvalue weighted by molar-refractivity contribution is -0.152. The number of benzene rings is 1. The van der Waals surface area contributed by atoms with Gasteiger partial charge >= 0.3 is 5.97 Å². The van der Waals surface area contributed by atoms with Gasteiger partial charge in [-0.3, -0.25) is 9.59 Å². The Balaban J connectivity index is 1.93. The predicted molar refractivity (Wildman–Crippen MR) is 73.6 cm³/mol. The molecule has 1 aliphatic carbocycles. The number of aliphatic carboxylic acids is 1. The molecule has 1 fully saturated rings. The molecule has 4 nitrogen and oxygen atoms in total. The summed E-state index contributed by atoms with van der Waals surface area (Å²) in [6.07, 6.45) is 4.01. The molecule has 1 aromatic rings. The van der Waals surface area contributed by atoms with Gasteiger partial charge in [0, 0.05) is 12.1 Å². The number of carbonyl (C=O) groups excluding carboxylic acids is 1. The van der Waals surface area contributed by atoms with Crippen LogP contribution in [-0.4, -0.2) is 21.9 Å². The normalized spacial score (nSPS) is 25.3. The summed E-state index contributed by atoms with van der Waals surface area (Å²) in [7, 11) is 0. The molecule has 0 spiro atoms. The molecule has 1 amide bonds. The first-order chi connectivity index (χ1) is 9.63. The maximum Gasteiger partial charge on any atom is 0.315 e. The van der Waals surface area contributed by atoms with Gasteiger partial charge in [0.05, 0.1) is 6.54 Å². The zero-order chi connectivity index (χ0) is 14.2. The van der Waals surface area contributed by atoms with Gasteiger partial charge in [0.15, 0.2) is 0 Å². The lowest BCUT2D eigenvalue weighted by Crippen LogP contribution is -2.46. The largest absolute Gasteiger partial charge is 0.481 e. The van der Waals surface area contributed by atoms with Gasteiger partial charge < -0.3 is 10.0 Å². The number of carboxylic acid groups (broad SMARTS) is 1. The number of amides is 1. The summed E-state index contributed by atoms with van der Waals surface area (Å²) in [4.78, 5) is 25.5. The fourth-order valence-electron chi connectivity index (χ4n) is 3.25. The first-order valence-electron chi connectivity index (χ1n) is 6.92. The van der Waals surface area contributed by atoms with Crippen LogP contribution in [-0.2, 0) is 16.1 Å². The zero-order valence-corrected chi connectivity index (χ0v) is 11.2. The molecule has 1 heterocycles. The number of hydrogen-bond donors (Lipinski definition) is 1. The van der Waals surface area contributed by atoms with Crippen LogP contribution in [0.4, 0.5) is 0 Å². The average molecular weight is 271 g/mol. The third-order valence-corrected chi connectivity index (χ3v) is 4.35. The number of hydrogen-bond acceptors (Lipinski definition) is 2. The molecule has 1 aliphatic heterocycles. The van der Waals surface area contributed by atoms with Gasteiger partial charge in [-0.25, -0.2) is 0 Å². The maximum atomic E-state index is 12.2. The number of carboxylic acids is 1. The third-order valence-electron chi connectivity index (χ3n) is 4.35. The molecule has 3 rings (SSSR count). The lowest BCUT2D eigenvalue weighted by atomic mass is 9.77. The molecular weight excluding hydrogens is 254 g/mol. The minimum Gasteiger partial charge on any atom is -0.481 e. The van der Waals surface area contributed by atoms with Gasteiger partial charge in [-0.2, -0.15) is 0 Å². The van der Waals surface area contributed by atoms with Gasteiger partial charge in [-0.05, 0) is 24.8 Å². The van der Waals surface area contributed by atoms with Gasteiger partial charge in [-0.1, -0.05) is 36.4 Å². The van der Waals surface area contributed by atoms with Gasteiger partial charge in [0.2, 0.25) is 5.91 Å². The molecular formula is C16H17NO3. The molecule has 2 aliphatic rings. The lowest BCUT2D eigenvalue weighted by Gasteiger charge is -2.39. The van der Waals surface area contributed by atoms with E-state index in [-0.39, 0.29) is 5.91 Å². The van der Waals surface area contributed by atoms with Crippen molar-refractivity contribution >= 4 is 11.9 Å². The Morgan fingerprint density at radius 2 is 2.00 bits per heavy atom. The molecule has 1 aromatic carbocycles. The number of nitrogens with zero attached hydrogens (tertiary/aromatic N) is 1. The van der Waals surface area contributed by atoms with Crippen molar-refractivity contribution in [2.75, 3.05) is 0 Å². The van der Waals surface area contributed by atoms with Crippen LogP contribution >= 0.6 is 0 Å². The van der Waals surface area contributed by atoms with Gasteiger partial charge in [0.25, 0.3) is 0 Å². The highest BCUT2D eigenvalue weighted by Crippen LogP contribution is 2.48. The fourth-order valence-corrected chi connectivity index (χ4v) is 3.25. The van der Waals surface area contributed by atoms with Crippen LogP contribution in [0.1, 0.15) is 31.2 Å². The van der Waals surface area contributed by atoms with Crippen molar-refractivity contribution in [1.29, 1.82) is 0 Å². The van der Waals surface area contributed by atoms with Gasteiger partial charge in [0.1, 0.15) is 5.41 Å². The fraction of sp³-hybridized carbons (Fsp3) is 0.375. The summed E-state index contributed by atoms with van der Waals surface area (Å²) >= 11 is 0. The number of piperidine rings is 1. The molecule has 1 saturated heterocycles. The Bertz CT molecular complexity index is 579. The number of fused-ring (bicyclic) bond motifs is 1. The average Bonchev–Trinajstić information content (AvgIpc) is 2.89. The molecule has 1 atom stereocenters. The van der Waals surface area contributed by atoms with Crippen molar-refractivity contribution in [2.45, 2.75) is 32.2 Å². The number of likely N-dealkylation sites (tertiary alicyclic amines) is 1. The Hall–Kier alpha value is -2.10. The molecule has 1 N–H and O–H groups in total. The van der Waals surface area contributed by atoms with Crippen LogP contribution < -0.4 is 0 Å². The summed E-state index contributed by atoms with van der Waals surface area (Å²) < 4.78 is 0. The van der Waals surface area contributed by atoms with E-state index in [1.54, 1.807) is 4.90 Å². The second-order valence-corrected chi connectivity index (χ2v) is 5.48. The summed E-state index contributed by atoms with van der Waals surface area (Å²) in [6, 6.07) is 9.70. The van der Waals surface area contributed by atoms with Crippen molar-refractivity contribution < 1.29 is 14.7 Å². The van der Waals surface area contributed by atoms with Crippen LogP contribution in [0.3, 0.4) is 0 Å². The molecule has 0 unspecified atom stereocenters. The van der Waals surface area contributed by atoms with E-state index in [1.807, 2.05) is 36.4 Å². The number of rotatable bonds is 3. The van der Waals surface area contributed by atoms with E-state index in [0.717, 1.165) is 12.0 Å². The SMILES string of the molecule is O=C1CC[C@@]2(C(=O)O)CCC=C2N1Cc1ccccc1. The van der Waals surface area contributed by atoms with E-state index < -0.39 is 11.4 Å². The highest BCUT2D eigenvalue weighted by atomic mass is 16.4. The van der Waals surface area contributed by atoms with E-state index in [0.29, 0.717) is 31.5 Å². The second-order valence-electron chi connectivity index (χ2n) is 5.48. The molecule has 0 bridgehead atoms. The van der Waals surface area contributed by atoms with E-state index in [4.69, 9.17) is 0 Å².